The number of rotatable bonds is 4. The lowest BCUT2D eigenvalue weighted by Crippen LogP contribution is -2.07. The van der Waals surface area contributed by atoms with Crippen LogP contribution in [0, 0.1) is 0 Å². The number of esters is 1. The molecule has 0 amide bonds. The van der Waals surface area contributed by atoms with Gasteiger partial charge < -0.3 is 15.2 Å². The smallest absolute Gasteiger partial charge is 0.337 e. The molecule has 0 aliphatic carbocycles. The summed E-state index contributed by atoms with van der Waals surface area (Å²) in [7, 11) is 1.36. The molecule has 2 rings (SSSR count). The van der Waals surface area contributed by atoms with Gasteiger partial charge in [-0.2, -0.15) is 0 Å². The van der Waals surface area contributed by atoms with Gasteiger partial charge in [0.15, 0.2) is 0 Å². The van der Waals surface area contributed by atoms with Crippen LogP contribution in [0.25, 0.3) is 0 Å². The highest BCUT2D eigenvalue weighted by Crippen LogP contribution is 2.21. The number of ether oxygens (including phenoxy) is 1. The maximum atomic E-state index is 11.3. The first-order chi connectivity index (χ1) is 9.60. The van der Waals surface area contributed by atoms with E-state index in [1.54, 1.807) is 24.3 Å². The molecule has 0 aliphatic heterocycles. The molecule has 2 aromatic rings. The highest BCUT2D eigenvalue weighted by Gasteiger charge is 2.07. The molecule has 0 radical (unpaired) electrons. The first-order valence-electron chi connectivity index (χ1n) is 6.34. The number of methoxy groups -OCH3 is 1. The summed E-state index contributed by atoms with van der Waals surface area (Å²) in [4.78, 5) is 11.3. The Balaban J connectivity index is 2.06. The van der Waals surface area contributed by atoms with Gasteiger partial charge >= 0.3 is 5.97 Å². The molecule has 0 fully saturated rings. The number of benzene rings is 2. The molecule has 0 saturated heterocycles. The van der Waals surface area contributed by atoms with Crippen molar-refractivity contribution in [3.63, 3.8) is 0 Å². The van der Waals surface area contributed by atoms with Crippen molar-refractivity contribution >= 4 is 11.7 Å². The number of hydrogen-bond donors (Lipinski definition) is 2. The fourth-order valence-corrected chi connectivity index (χ4v) is 1.92. The number of nitrogens with one attached hydrogen (secondary N) is 1. The first-order valence-corrected chi connectivity index (χ1v) is 6.34. The Labute approximate surface area is 118 Å². The SMILES string of the molecule is COC(=O)c1ccc(NC(C)c2ccc(O)cc2)cc1. The molecule has 4 nitrogen and oxygen atoms in total. The molecule has 0 aromatic heterocycles. The zero-order valence-electron chi connectivity index (χ0n) is 11.5. The Kier molecular flexibility index (Phi) is 4.25. The second kappa shape index (κ2) is 6.10. The Bertz CT molecular complexity index is 576. The summed E-state index contributed by atoms with van der Waals surface area (Å²) in [6.07, 6.45) is 0. The van der Waals surface area contributed by atoms with Crippen molar-refractivity contribution in [3.05, 3.63) is 59.7 Å². The van der Waals surface area contributed by atoms with E-state index in [-0.39, 0.29) is 17.8 Å². The van der Waals surface area contributed by atoms with Crippen molar-refractivity contribution in [2.45, 2.75) is 13.0 Å². The predicted molar refractivity (Wildman–Crippen MR) is 77.9 cm³/mol. The fraction of sp³-hybridized carbons (Fsp3) is 0.188. The monoisotopic (exact) mass is 271 g/mol. The van der Waals surface area contributed by atoms with E-state index in [0.717, 1.165) is 11.3 Å². The lowest BCUT2D eigenvalue weighted by Gasteiger charge is -2.16. The van der Waals surface area contributed by atoms with Crippen molar-refractivity contribution in [3.8, 4) is 5.75 Å². The van der Waals surface area contributed by atoms with Crippen molar-refractivity contribution in [2.75, 3.05) is 12.4 Å². The predicted octanol–water partition coefficient (Wildman–Crippen LogP) is 3.35. The van der Waals surface area contributed by atoms with Gasteiger partial charge in [0.1, 0.15) is 5.75 Å². The minimum absolute atomic E-state index is 0.0968. The molecule has 2 N–H and O–H groups in total. The average Bonchev–Trinajstić information content (AvgIpc) is 2.48. The number of carbonyl (C=O) groups is 1. The van der Waals surface area contributed by atoms with Gasteiger partial charge in [-0.05, 0) is 48.9 Å². The summed E-state index contributed by atoms with van der Waals surface area (Å²) in [6, 6.07) is 14.3. The normalized spacial score (nSPS) is 11.7. The Hall–Kier alpha value is -2.49. The van der Waals surface area contributed by atoms with Gasteiger partial charge in [0, 0.05) is 11.7 Å². The van der Waals surface area contributed by atoms with Crippen molar-refractivity contribution in [1.82, 2.24) is 0 Å². The van der Waals surface area contributed by atoms with Crippen LogP contribution >= 0.6 is 0 Å². The number of phenols is 1. The van der Waals surface area contributed by atoms with Gasteiger partial charge in [0.05, 0.1) is 12.7 Å². The maximum Gasteiger partial charge on any atom is 0.337 e. The van der Waals surface area contributed by atoms with Crippen LogP contribution in [0.5, 0.6) is 5.75 Å². The molecule has 1 unspecified atom stereocenters. The van der Waals surface area contributed by atoms with Crippen molar-refractivity contribution in [1.29, 1.82) is 0 Å². The quantitative estimate of drug-likeness (QED) is 0.837. The summed E-state index contributed by atoms with van der Waals surface area (Å²) in [5.74, 6) is -0.0912. The molecule has 4 heteroatoms. The molecule has 20 heavy (non-hydrogen) atoms. The van der Waals surface area contributed by atoms with Gasteiger partial charge in [0.2, 0.25) is 0 Å². The molecular weight excluding hydrogens is 254 g/mol. The van der Waals surface area contributed by atoms with Gasteiger partial charge in [0.25, 0.3) is 0 Å². The van der Waals surface area contributed by atoms with Crippen molar-refractivity contribution < 1.29 is 14.6 Å². The van der Waals surface area contributed by atoms with E-state index in [0.29, 0.717) is 5.56 Å². The zero-order valence-corrected chi connectivity index (χ0v) is 11.5. The third-order valence-corrected chi connectivity index (χ3v) is 3.08. The number of phenolic OH excluding ortho intramolecular Hbond substituents is 1. The van der Waals surface area contributed by atoms with Crippen molar-refractivity contribution in [2.24, 2.45) is 0 Å². The Morgan fingerprint density at radius 1 is 1.10 bits per heavy atom. The lowest BCUT2D eigenvalue weighted by atomic mass is 10.1. The van der Waals surface area contributed by atoms with E-state index >= 15 is 0 Å². The van der Waals surface area contributed by atoms with E-state index in [1.807, 2.05) is 31.2 Å². The van der Waals surface area contributed by atoms with E-state index in [9.17, 15) is 9.90 Å². The van der Waals surface area contributed by atoms with E-state index in [1.165, 1.54) is 7.11 Å². The van der Waals surface area contributed by atoms with Crippen LogP contribution < -0.4 is 5.32 Å². The van der Waals surface area contributed by atoms with Crippen LogP contribution in [0.2, 0.25) is 0 Å². The van der Waals surface area contributed by atoms with Crippen LogP contribution in [0.3, 0.4) is 0 Å². The van der Waals surface area contributed by atoms with Gasteiger partial charge in [-0.25, -0.2) is 4.79 Å². The van der Waals surface area contributed by atoms with Crippen LogP contribution in [0.4, 0.5) is 5.69 Å². The first kappa shape index (κ1) is 13.9. The zero-order chi connectivity index (χ0) is 14.5. The molecule has 2 aromatic carbocycles. The fourth-order valence-electron chi connectivity index (χ4n) is 1.92. The molecule has 0 bridgehead atoms. The van der Waals surface area contributed by atoms with Crippen LogP contribution in [0.1, 0.15) is 28.9 Å². The summed E-state index contributed by atoms with van der Waals surface area (Å²) >= 11 is 0. The third kappa shape index (κ3) is 3.29. The number of carbonyl (C=O) groups excluding carboxylic acids is 1. The second-order valence-corrected chi connectivity index (χ2v) is 4.53. The van der Waals surface area contributed by atoms with Gasteiger partial charge in [-0.1, -0.05) is 12.1 Å². The highest BCUT2D eigenvalue weighted by molar-refractivity contribution is 5.89. The van der Waals surface area contributed by atoms with Crippen LogP contribution in [-0.2, 0) is 4.74 Å². The molecule has 104 valence electrons. The standard InChI is InChI=1S/C16H17NO3/c1-11(12-5-9-15(18)10-6-12)17-14-7-3-13(4-8-14)16(19)20-2/h3-11,17-18H,1-2H3. The summed E-state index contributed by atoms with van der Waals surface area (Å²) in [6.45, 7) is 2.03. The third-order valence-electron chi connectivity index (χ3n) is 3.08. The largest absolute Gasteiger partial charge is 0.508 e. The lowest BCUT2D eigenvalue weighted by molar-refractivity contribution is 0.0601. The average molecular weight is 271 g/mol. The molecule has 0 aliphatic rings. The molecule has 0 heterocycles. The molecule has 1 atom stereocenters. The minimum Gasteiger partial charge on any atom is -0.508 e. The molecule has 0 saturated carbocycles. The molecule has 0 spiro atoms. The van der Waals surface area contributed by atoms with E-state index < -0.39 is 0 Å². The maximum absolute atomic E-state index is 11.3. The summed E-state index contributed by atoms with van der Waals surface area (Å²) in [5, 5.41) is 12.6. The number of aromatic hydroxyl groups is 1. The molecular formula is C16H17NO3. The van der Waals surface area contributed by atoms with E-state index in [2.05, 4.69) is 10.1 Å². The number of hydrogen-bond acceptors (Lipinski definition) is 4. The second-order valence-electron chi connectivity index (χ2n) is 4.53. The topological polar surface area (TPSA) is 58.6 Å². The van der Waals surface area contributed by atoms with Gasteiger partial charge in [-0.15, -0.1) is 0 Å². The van der Waals surface area contributed by atoms with Crippen LogP contribution in [0.15, 0.2) is 48.5 Å². The summed E-state index contributed by atoms with van der Waals surface area (Å²) < 4.78 is 4.65. The van der Waals surface area contributed by atoms with E-state index in [4.69, 9.17) is 0 Å². The number of anilines is 1. The Morgan fingerprint density at radius 2 is 1.70 bits per heavy atom. The highest BCUT2D eigenvalue weighted by atomic mass is 16.5. The summed E-state index contributed by atoms with van der Waals surface area (Å²) in [5.41, 5.74) is 2.51. The minimum atomic E-state index is -0.344. The Morgan fingerprint density at radius 3 is 2.25 bits per heavy atom. The van der Waals surface area contributed by atoms with Gasteiger partial charge in [-0.3, -0.25) is 0 Å². The van der Waals surface area contributed by atoms with Crippen LogP contribution in [-0.4, -0.2) is 18.2 Å².